The summed E-state index contributed by atoms with van der Waals surface area (Å²) in [4.78, 5) is 38.2. The minimum Gasteiger partial charge on any atom is -0.507 e. The number of phenols is 2. The highest BCUT2D eigenvalue weighted by molar-refractivity contribution is 14.1. The Morgan fingerprint density at radius 2 is 1.79 bits per heavy atom. The van der Waals surface area contributed by atoms with Crippen LogP contribution in [0, 0.1) is 3.57 Å². The first-order chi connectivity index (χ1) is 13.3. The predicted octanol–water partition coefficient (Wildman–Crippen LogP) is 2.10. The number of halogens is 1. The Hall–Kier alpha value is -3.28. The van der Waals surface area contributed by atoms with E-state index in [2.05, 4.69) is 5.32 Å². The van der Waals surface area contributed by atoms with Crippen LogP contribution < -0.4 is 19.7 Å². The molecule has 3 N–H and O–H groups in total. The predicted molar refractivity (Wildman–Crippen MR) is 104 cm³/mol. The molecule has 0 radical (unpaired) electrons. The van der Waals surface area contributed by atoms with Crippen molar-refractivity contribution in [2.45, 2.75) is 0 Å². The third-order valence-electron chi connectivity index (χ3n) is 4.11. The van der Waals surface area contributed by atoms with E-state index in [1.54, 1.807) is 6.07 Å². The lowest BCUT2D eigenvalue weighted by Crippen LogP contribution is -2.54. The minimum atomic E-state index is -0.907. The number of hydrogen-bond acceptors (Lipinski definition) is 7. The molecule has 4 amide bonds. The number of nitrogens with zero attached hydrogens (tertiary/aromatic N) is 1. The Kier molecular flexibility index (Phi) is 4.34. The van der Waals surface area contributed by atoms with Gasteiger partial charge in [0.1, 0.15) is 17.1 Å². The van der Waals surface area contributed by atoms with Crippen LogP contribution in [0.15, 0.2) is 35.9 Å². The average Bonchev–Trinajstić information content (AvgIpc) is 3.10. The molecule has 0 bridgehead atoms. The molecule has 2 aromatic carbocycles. The molecular formula is C18H11IN2O7. The molecule has 1 fully saturated rings. The second kappa shape index (κ2) is 6.71. The first-order valence-electron chi connectivity index (χ1n) is 7.88. The first kappa shape index (κ1) is 18.1. The zero-order valence-corrected chi connectivity index (χ0v) is 16.1. The normalized spacial score (nSPS) is 17.2. The fourth-order valence-electron chi connectivity index (χ4n) is 2.75. The van der Waals surface area contributed by atoms with Crippen molar-refractivity contribution in [1.82, 2.24) is 5.32 Å². The molecule has 2 heterocycles. The van der Waals surface area contributed by atoms with Crippen LogP contribution in [0.5, 0.6) is 23.0 Å². The Morgan fingerprint density at radius 1 is 1.04 bits per heavy atom. The van der Waals surface area contributed by atoms with Crippen LogP contribution in [0.25, 0.3) is 6.08 Å². The third kappa shape index (κ3) is 3.01. The molecule has 4 rings (SSSR count). The van der Waals surface area contributed by atoms with Crippen LogP contribution in [0.3, 0.4) is 0 Å². The van der Waals surface area contributed by atoms with Crippen LogP contribution in [-0.4, -0.2) is 34.9 Å². The van der Waals surface area contributed by atoms with E-state index in [9.17, 15) is 24.6 Å². The molecule has 0 aromatic heterocycles. The Bertz CT molecular complexity index is 1080. The number of carbonyl (C=O) groups is 3. The van der Waals surface area contributed by atoms with Gasteiger partial charge in [0.2, 0.25) is 6.79 Å². The second-order valence-electron chi connectivity index (χ2n) is 5.86. The van der Waals surface area contributed by atoms with Crippen molar-refractivity contribution in [2.24, 2.45) is 0 Å². The van der Waals surface area contributed by atoms with Gasteiger partial charge in [-0.25, -0.2) is 9.69 Å². The lowest BCUT2D eigenvalue weighted by molar-refractivity contribution is -0.122. The summed E-state index contributed by atoms with van der Waals surface area (Å²) < 4.78 is 10.9. The largest absolute Gasteiger partial charge is 0.507 e. The number of imide groups is 2. The van der Waals surface area contributed by atoms with Gasteiger partial charge in [0.05, 0.1) is 9.26 Å². The zero-order chi connectivity index (χ0) is 20.0. The van der Waals surface area contributed by atoms with Gasteiger partial charge in [-0.3, -0.25) is 14.9 Å². The molecule has 2 aliphatic rings. The summed E-state index contributed by atoms with van der Waals surface area (Å²) in [6.45, 7) is 0.0291. The standard InChI is InChI=1S/C18H11IN2O7/c19-11-4-8(12(22)6-13(11)23)3-10-16(24)20-18(26)21(17(10)25)9-1-2-14-15(5-9)28-7-27-14/h1-6,22-23H,7H2,(H,20,24,26)/b10-3+. The maximum Gasteiger partial charge on any atom is 0.335 e. The van der Waals surface area contributed by atoms with Crippen LogP contribution in [0.4, 0.5) is 10.5 Å². The van der Waals surface area contributed by atoms with E-state index in [1.165, 1.54) is 18.2 Å². The Balaban J connectivity index is 1.75. The zero-order valence-electron chi connectivity index (χ0n) is 13.9. The molecular weight excluding hydrogens is 483 g/mol. The van der Waals surface area contributed by atoms with Gasteiger partial charge in [0, 0.05) is 17.7 Å². The summed E-state index contributed by atoms with van der Waals surface area (Å²) in [5.74, 6) is -1.38. The van der Waals surface area contributed by atoms with E-state index >= 15 is 0 Å². The van der Waals surface area contributed by atoms with Crippen molar-refractivity contribution in [3.05, 3.63) is 45.0 Å². The number of amides is 4. The molecule has 9 nitrogen and oxygen atoms in total. The van der Waals surface area contributed by atoms with Gasteiger partial charge in [0.15, 0.2) is 11.5 Å². The molecule has 2 aliphatic heterocycles. The molecule has 28 heavy (non-hydrogen) atoms. The van der Waals surface area contributed by atoms with Crippen molar-refractivity contribution in [3.8, 4) is 23.0 Å². The lowest BCUT2D eigenvalue weighted by Gasteiger charge is -2.26. The number of phenolic OH excluding ortho intramolecular Hbond substituents is 2. The molecule has 0 unspecified atom stereocenters. The van der Waals surface area contributed by atoms with Crippen molar-refractivity contribution < 1.29 is 34.1 Å². The molecule has 1 saturated heterocycles. The molecule has 0 aliphatic carbocycles. The third-order valence-corrected chi connectivity index (χ3v) is 4.98. The molecule has 2 aromatic rings. The van der Waals surface area contributed by atoms with E-state index in [4.69, 9.17) is 9.47 Å². The number of hydrogen-bond donors (Lipinski definition) is 3. The van der Waals surface area contributed by atoms with Crippen LogP contribution >= 0.6 is 22.6 Å². The van der Waals surface area contributed by atoms with Gasteiger partial charge in [-0.2, -0.15) is 0 Å². The van der Waals surface area contributed by atoms with Crippen molar-refractivity contribution >= 4 is 52.2 Å². The van der Waals surface area contributed by atoms with Gasteiger partial charge in [-0.05, 0) is 46.9 Å². The van der Waals surface area contributed by atoms with Crippen LogP contribution in [-0.2, 0) is 9.59 Å². The highest BCUT2D eigenvalue weighted by atomic mass is 127. The Labute approximate surface area is 171 Å². The molecule has 0 spiro atoms. The second-order valence-corrected chi connectivity index (χ2v) is 7.02. The van der Waals surface area contributed by atoms with Crippen molar-refractivity contribution in [3.63, 3.8) is 0 Å². The van der Waals surface area contributed by atoms with Gasteiger partial charge in [-0.1, -0.05) is 0 Å². The quantitative estimate of drug-likeness (QED) is 0.332. The maximum atomic E-state index is 12.9. The highest BCUT2D eigenvalue weighted by Crippen LogP contribution is 2.37. The number of ether oxygens (including phenoxy) is 2. The van der Waals surface area contributed by atoms with Crippen molar-refractivity contribution in [2.75, 3.05) is 11.7 Å². The number of urea groups is 1. The van der Waals surface area contributed by atoms with Gasteiger partial charge in [0.25, 0.3) is 11.8 Å². The van der Waals surface area contributed by atoms with Gasteiger partial charge < -0.3 is 19.7 Å². The smallest absolute Gasteiger partial charge is 0.335 e. The number of benzene rings is 2. The number of fused-ring (bicyclic) bond motifs is 1. The fraction of sp³-hybridized carbons (Fsp3) is 0.0556. The maximum absolute atomic E-state index is 12.9. The van der Waals surface area contributed by atoms with Gasteiger partial charge >= 0.3 is 6.03 Å². The van der Waals surface area contributed by atoms with Crippen molar-refractivity contribution in [1.29, 1.82) is 0 Å². The van der Waals surface area contributed by atoms with E-state index in [0.717, 1.165) is 17.0 Å². The number of carbonyl (C=O) groups excluding carboxylic acids is 3. The highest BCUT2D eigenvalue weighted by Gasteiger charge is 2.37. The van der Waals surface area contributed by atoms with Crippen LogP contribution in [0.2, 0.25) is 0 Å². The summed E-state index contributed by atoms with van der Waals surface area (Å²) >= 11 is 1.84. The number of nitrogens with one attached hydrogen (secondary N) is 1. The lowest BCUT2D eigenvalue weighted by atomic mass is 10.1. The van der Waals surface area contributed by atoms with Gasteiger partial charge in [-0.15, -0.1) is 0 Å². The number of anilines is 1. The topological polar surface area (TPSA) is 125 Å². The summed E-state index contributed by atoms with van der Waals surface area (Å²) in [6.07, 6.45) is 1.15. The first-order valence-corrected chi connectivity index (χ1v) is 8.95. The van der Waals surface area contributed by atoms with E-state index < -0.39 is 17.8 Å². The molecule has 0 atom stereocenters. The number of barbiturate groups is 1. The van der Waals surface area contributed by atoms with E-state index in [0.29, 0.717) is 15.1 Å². The van der Waals surface area contributed by atoms with Crippen LogP contribution in [0.1, 0.15) is 5.56 Å². The number of aromatic hydroxyl groups is 2. The number of rotatable bonds is 2. The average molecular weight is 494 g/mol. The minimum absolute atomic E-state index is 0.0291. The summed E-state index contributed by atoms with van der Waals surface area (Å²) in [6, 6.07) is 6.08. The van der Waals surface area contributed by atoms with E-state index in [-0.39, 0.29) is 35.1 Å². The molecule has 0 saturated carbocycles. The molecule has 142 valence electrons. The fourth-order valence-corrected chi connectivity index (χ4v) is 3.24. The van der Waals surface area contributed by atoms with E-state index in [1.807, 2.05) is 22.6 Å². The summed E-state index contributed by atoms with van der Waals surface area (Å²) in [5.41, 5.74) is -0.0237. The Morgan fingerprint density at radius 3 is 2.57 bits per heavy atom. The summed E-state index contributed by atoms with van der Waals surface area (Å²) in [5, 5.41) is 21.7. The monoisotopic (exact) mass is 494 g/mol. The SMILES string of the molecule is O=C1NC(=O)N(c2ccc3c(c2)OCO3)C(=O)/C1=C/c1cc(I)c(O)cc1O. The molecule has 10 heteroatoms. The summed E-state index contributed by atoms with van der Waals surface area (Å²) in [7, 11) is 0.